The van der Waals surface area contributed by atoms with E-state index in [4.69, 9.17) is 4.74 Å². The average molecular weight is 496 g/mol. The molecular formula is C26H45N3O6. The highest BCUT2D eigenvalue weighted by atomic mass is 16.6. The first-order valence-corrected chi connectivity index (χ1v) is 13.5. The van der Waals surface area contributed by atoms with Crippen LogP contribution in [0.2, 0.25) is 0 Å². The first-order chi connectivity index (χ1) is 17.0. The van der Waals surface area contributed by atoms with Crippen molar-refractivity contribution >= 4 is 11.7 Å². The Labute approximate surface area is 208 Å². The van der Waals surface area contributed by atoms with Crippen LogP contribution in [0.3, 0.4) is 0 Å². The van der Waals surface area contributed by atoms with E-state index in [1.807, 2.05) is 0 Å². The summed E-state index contributed by atoms with van der Waals surface area (Å²) >= 11 is 0. The van der Waals surface area contributed by atoms with Crippen LogP contribution in [0.5, 0.6) is 0 Å². The number of hydrogen-bond donors (Lipinski definition) is 4. The molecule has 0 spiro atoms. The van der Waals surface area contributed by atoms with Crippen molar-refractivity contribution in [3.8, 4) is 0 Å². The molecule has 1 aromatic rings. The van der Waals surface area contributed by atoms with Gasteiger partial charge in [0.15, 0.2) is 6.23 Å². The first-order valence-electron chi connectivity index (χ1n) is 13.5. The number of carbonyl (C=O) groups is 1. The smallest absolute Gasteiger partial charge is 0.351 e. The molecule has 0 radical (unpaired) electrons. The van der Waals surface area contributed by atoms with Gasteiger partial charge in [-0.15, -0.1) is 0 Å². The SMILES string of the molecule is CCCCCCCCCCCCCCCCC(=O)Nc1ccn([C@@H]2O[C@H](CO)[C@@H](O)[C@H]2O)c(=O)n1. The normalized spacial score (nSPS) is 21.9. The number of aromatic nitrogens is 2. The van der Waals surface area contributed by atoms with Crippen LogP contribution in [0.15, 0.2) is 17.1 Å². The number of carbonyl (C=O) groups excluding carboxylic acids is 1. The third kappa shape index (κ3) is 10.4. The Morgan fingerprint density at radius 3 is 1.97 bits per heavy atom. The van der Waals surface area contributed by atoms with Gasteiger partial charge in [0.25, 0.3) is 0 Å². The molecule has 0 saturated carbocycles. The standard InChI is InChI=1S/C26H45N3O6/c1-2-3-4-5-6-7-8-9-10-11-12-13-14-15-16-22(31)27-21-17-18-29(26(34)28-21)25-24(33)23(32)20(19-30)35-25/h17-18,20,23-25,30,32-33H,2-16,19H2,1H3,(H,27,28,31,34)/t20-,23-,24-,25-/m1/s1. The fourth-order valence-corrected chi connectivity index (χ4v) is 4.47. The highest BCUT2D eigenvalue weighted by Gasteiger charge is 2.43. The fraction of sp³-hybridized carbons (Fsp3) is 0.808. The summed E-state index contributed by atoms with van der Waals surface area (Å²) < 4.78 is 6.38. The number of rotatable bonds is 18. The molecule has 0 bridgehead atoms. The van der Waals surface area contributed by atoms with Crippen molar-refractivity contribution in [1.82, 2.24) is 9.55 Å². The summed E-state index contributed by atoms with van der Waals surface area (Å²) in [5.74, 6) is -0.0603. The zero-order valence-corrected chi connectivity index (χ0v) is 21.2. The molecule has 1 aliphatic heterocycles. The molecule has 9 nitrogen and oxygen atoms in total. The Kier molecular flexibility index (Phi) is 14.1. The van der Waals surface area contributed by atoms with Crippen molar-refractivity contribution in [3.63, 3.8) is 0 Å². The summed E-state index contributed by atoms with van der Waals surface area (Å²) in [6.45, 7) is 1.77. The molecular weight excluding hydrogens is 450 g/mol. The number of hydrogen-bond acceptors (Lipinski definition) is 7. The monoisotopic (exact) mass is 495 g/mol. The van der Waals surface area contributed by atoms with Crippen LogP contribution in [0.1, 0.15) is 109 Å². The molecule has 4 N–H and O–H groups in total. The van der Waals surface area contributed by atoms with E-state index in [0.717, 1.165) is 23.8 Å². The molecule has 1 fully saturated rings. The van der Waals surface area contributed by atoms with Crippen molar-refractivity contribution < 1.29 is 24.9 Å². The Bertz CT molecular complexity index is 787. The molecule has 0 aliphatic carbocycles. The van der Waals surface area contributed by atoms with Gasteiger partial charge in [0, 0.05) is 12.6 Å². The first kappa shape index (κ1) is 29.4. The second kappa shape index (κ2) is 16.8. The summed E-state index contributed by atoms with van der Waals surface area (Å²) in [7, 11) is 0. The summed E-state index contributed by atoms with van der Waals surface area (Å²) in [5, 5.41) is 31.7. The van der Waals surface area contributed by atoms with E-state index in [-0.39, 0.29) is 11.7 Å². The zero-order valence-electron chi connectivity index (χ0n) is 21.2. The molecule has 1 aliphatic rings. The quantitative estimate of drug-likeness (QED) is 0.228. The second-order valence-electron chi connectivity index (χ2n) is 9.63. The third-order valence-electron chi connectivity index (χ3n) is 6.65. The van der Waals surface area contributed by atoms with Crippen LogP contribution in [0.4, 0.5) is 5.82 Å². The van der Waals surface area contributed by atoms with Gasteiger partial charge in [0.05, 0.1) is 6.61 Å². The van der Waals surface area contributed by atoms with Gasteiger partial charge in [0.1, 0.15) is 24.1 Å². The molecule has 0 unspecified atom stereocenters. The van der Waals surface area contributed by atoms with Gasteiger partial charge in [-0.05, 0) is 12.5 Å². The number of nitrogens with zero attached hydrogens (tertiary/aromatic N) is 2. The van der Waals surface area contributed by atoms with Crippen LogP contribution in [0.25, 0.3) is 0 Å². The van der Waals surface area contributed by atoms with Gasteiger partial charge in [0.2, 0.25) is 5.91 Å². The van der Waals surface area contributed by atoms with Crippen molar-refractivity contribution in [2.24, 2.45) is 0 Å². The van der Waals surface area contributed by atoms with Crippen molar-refractivity contribution in [2.75, 3.05) is 11.9 Å². The minimum atomic E-state index is -1.37. The molecule has 2 rings (SSSR count). The van der Waals surface area contributed by atoms with Gasteiger partial charge in [-0.2, -0.15) is 4.98 Å². The van der Waals surface area contributed by atoms with Crippen LogP contribution in [0, 0.1) is 0 Å². The minimum absolute atomic E-state index is 0.133. The highest BCUT2D eigenvalue weighted by Crippen LogP contribution is 2.28. The molecule has 4 atom stereocenters. The van der Waals surface area contributed by atoms with Gasteiger partial charge < -0.3 is 25.4 Å². The third-order valence-corrected chi connectivity index (χ3v) is 6.65. The molecule has 2 heterocycles. The molecule has 1 saturated heterocycles. The van der Waals surface area contributed by atoms with Crippen molar-refractivity contribution in [3.05, 3.63) is 22.7 Å². The van der Waals surface area contributed by atoms with Crippen molar-refractivity contribution in [1.29, 1.82) is 0 Å². The van der Waals surface area contributed by atoms with Crippen LogP contribution in [-0.2, 0) is 9.53 Å². The number of ether oxygens (including phenoxy) is 1. The Morgan fingerprint density at radius 2 is 1.49 bits per heavy atom. The zero-order chi connectivity index (χ0) is 25.5. The van der Waals surface area contributed by atoms with Gasteiger partial charge in [-0.1, -0.05) is 90.4 Å². The van der Waals surface area contributed by atoms with E-state index >= 15 is 0 Å². The number of anilines is 1. The second-order valence-corrected chi connectivity index (χ2v) is 9.63. The molecule has 1 aromatic heterocycles. The van der Waals surface area contributed by atoms with Gasteiger partial charge in [-0.3, -0.25) is 9.36 Å². The van der Waals surface area contributed by atoms with Crippen LogP contribution in [-0.4, -0.2) is 55.7 Å². The summed E-state index contributed by atoms with van der Waals surface area (Å²) in [5.41, 5.74) is -0.728. The van der Waals surface area contributed by atoms with Crippen LogP contribution < -0.4 is 11.0 Å². The van der Waals surface area contributed by atoms with E-state index in [2.05, 4.69) is 17.2 Å². The summed E-state index contributed by atoms with van der Waals surface area (Å²) in [6, 6.07) is 1.44. The maximum atomic E-state index is 12.3. The molecule has 0 aromatic carbocycles. The summed E-state index contributed by atoms with van der Waals surface area (Å²) in [4.78, 5) is 28.3. The molecule has 35 heavy (non-hydrogen) atoms. The Balaban J connectivity index is 1.55. The number of amides is 1. The fourth-order valence-electron chi connectivity index (χ4n) is 4.47. The number of aliphatic hydroxyl groups is 3. The molecule has 1 amide bonds. The number of nitrogens with one attached hydrogen (secondary N) is 1. The van der Waals surface area contributed by atoms with E-state index in [0.29, 0.717) is 6.42 Å². The lowest BCUT2D eigenvalue weighted by atomic mass is 10.0. The van der Waals surface area contributed by atoms with E-state index in [1.54, 1.807) is 0 Å². The van der Waals surface area contributed by atoms with Gasteiger partial charge in [-0.25, -0.2) is 4.79 Å². The van der Waals surface area contributed by atoms with E-state index in [1.165, 1.54) is 82.9 Å². The maximum Gasteiger partial charge on any atom is 0.351 e. The lowest BCUT2D eigenvalue weighted by molar-refractivity contribution is -0.116. The van der Waals surface area contributed by atoms with Crippen molar-refractivity contribution in [2.45, 2.75) is 128 Å². The predicted octanol–water partition coefficient (Wildman–Crippen LogP) is 3.66. The number of unbranched alkanes of at least 4 members (excludes halogenated alkanes) is 13. The summed E-state index contributed by atoms with van der Waals surface area (Å²) in [6.07, 6.45) is 14.5. The van der Waals surface area contributed by atoms with E-state index in [9.17, 15) is 24.9 Å². The molecule has 200 valence electrons. The lowest BCUT2D eigenvalue weighted by Gasteiger charge is -2.17. The maximum absolute atomic E-state index is 12.3. The molecule has 9 heteroatoms. The predicted molar refractivity (Wildman–Crippen MR) is 135 cm³/mol. The Hall–Kier alpha value is -1.81. The lowest BCUT2D eigenvalue weighted by Crippen LogP contribution is -2.36. The highest BCUT2D eigenvalue weighted by molar-refractivity contribution is 5.89. The average Bonchev–Trinajstić information content (AvgIpc) is 3.13. The number of aliphatic hydroxyl groups excluding tert-OH is 3. The van der Waals surface area contributed by atoms with Gasteiger partial charge >= 0.3 is 5.69 Å². The van der Waals surface area contributed by atoms with E-state index < -0.39 is 36.8 Å². The van der Waals surface area contributed by atoms with Crippen LogP contribution >= 0.6 is 0 Å². The topological polar surface area (TPSA) is 134 Å². The largest absolute Gasteiger partial charge is 0.394 e. The Morgan fingerprint density at radius 1 is 0.943 bits per heavy atom. The minimum Gasteiger partial charge on any atom is -0.394 e.